The van der Waals surface area contributed by atoms with E-state index in [2.05, 4.69) is 8.65 Å². The van der Waals surface area contributed by atoms with E-state index in [1.54, 1.807) is 0 Å². The second-order valence-electron chi connectivity index (χ2n) is 0. The van der Waals surface area contributed by atoms with E-state index in [9.17, 15) is 0 Å². The molecule has 0 radical (unpaired) electrons. The molecule has 5 heteroatoms. The minimum Gasteiger partial charge on any atom is 0 e. The second kappa shape index (κ2) is 27.2. The van der Waals surface area contributed by atoms with Gasteiger partial charge < -0.3 is 0 Å². The maximum atomic E-state index is 4.25. The summed E-state index contributed by atoms with van der Waals surface area (Å²) in [6, 6.07) is 0. The molecule has 0 unspecified atom stereocenters. The third-order valence-electron chi connectivity index (χ3n) is 0. The summed E-state index contributed by atoms with van der Waals surface area (Å²) in [5, 5.41) is 0. The molecule has 0 N–H and O–H groups in total. The predicted molar refractivity (Wildman–Crippen MR) is 26.1 cm³/mol. The van der Waals surface area contributed by atoms with Crippen molar-refractivity contribution in [2.45, 2.75) is 0 Å². The predicted octanol–water partition coefficient (Wildman–Crippen LogP) is -1.46. The van der Waals surface area contributed by atoms with Gasteiger partial charge in [0.15, 0.2) is 0 Å². The average molecular weight is 409 g/mol. The van der Waals surface area contributed by atoms with Crippen molar-refractivity contribution in [3.05, 3.63) is 0 Å². The Hall–Kier alpha value is 3.16. The maximum absolute atomic E-state index is 4.25. The van der Waals surface area contributed by atoms with Crippen molar-refractivity contribution in [3.8, 4) is 0 Å². The molecule has 0 fully saturated rings. The van der Waals surface area contributed by atoms with Crippen LogP contribution in [-0.2, 0) is 43.2 Å². The van der Waals surface area contributed by atoms with Crippen LogP contribution in [0, 0.1) is 0 Å². The molecule has 0 atom stereocenters. The van der Waals surface area contributed by atoms with E-state index in [-0.39, 0.29) is 62.4 Å². The van der Waals surface area contributed by atoms with Gasteiger partial charge in [0.05, 0.1) is 0 Å². The van der Waals surface area contributed by atoms with Crippen LogP contribution in [0.15, 0.2) is 0 Å². The maximum Gasteiger partial charge on any atom is 0 e. The van der Waals surface area contributed by atoms with E-state index in [4.69, 9.17) is 0 Å². The molecule has 0 bridgehead atoms. The molecule has 0 aromatic heterocycles. The van der Waals surface area contributed by atoms with E-state index in [1.165, 1.54) is 0 Å². The molecule has 5 heavy (non-hydrogen) atoms. The Morgan fingerprint density at radius 3 is 1.20 bits per heavy atom. The van der Waals surface area contributed by atoms with Crippen LogP contribution >= 0.6 is 8.65 Å². The Balaban J connectivity index is -0.00000000167. The largest absolute Gasteiger partial charge is 0 e. The van der Waals surface area contributed by atoms with Crippen molar-refractivity contribution in [2.75, 3.05) is 0 Å². The Kier molecular flexibility index (Phi) is 132. The molecule has 0 spiro atoms. The molecule has 0 saturated carbocycles. The van der Waals surface area contributed by atoms with Crippen molar-refractivity contribution >= 4 is 51.6 Å². The Bertz CT molecular complexity index is 11.6. The minimum absolute atomic E-state index is 0. The number of hydrogen-bond donors (Lipinski definition) is 0. The fraction of sp³-hybridized carbons (Fsp3) is 0. The Morgan fingerprint density at radius 1 is 1.20 bits per heavy atom. The van der Waals surface area contributed by atoms with Gasteiger partial charge in [0, 0.05) is 19.5 Å². The summed E-state index contributed by atoms with van der Waals surface area (Å²) < 4.78 is 0. The molecule has 0 aliphatic carbocycles. The number of hydrogen-bond acceptors (Lipinski definition) is 1. The zero-order chi connectivity index (χ0) is 2.00. The third-order valence-corrected chi connectivity index (χ3v) is 0. The van der Waals surface area contributed by atoms with Gasteiger partial charge in [0.1, 0.15) is 0 Å². The number of rotatable bonds is 0. The summed E-state index contributed by atoms with van der Waals surface area (Å²) in [5.41, 5.74) is 0. The van der Waals surface area contributed by atoms with Crippen molar-refractivity contribution in [3.63, 3.8) is 0 Å². The molecule has 0 amide bonds. The first kappa shape index (κ1) is 24.2. The molecular formula is H5CdInSSeZn. The summed E-state index contributed by atoms with van der Waals surface area (Å²) in [7, 11) is 4.25. The molecule has 0 aliphatic heterocycles. The molecule has 0 heterocycles. The van der Waals surface area contributed by atoms with Crippen LogP contribution in [0.25, 0.3) is 0 Å². The SMILES string of the molecule is [InH3].[S]=[Cd].[SeH2].[Zn]. The molecule has 0 nitrogen and oxygen atoms in total. The van der Waals surface area contributed by atoms with Crippen LogP contribution in [0.1, 0.15) is 0 Å². The van der Waals surface area contributed by atoms with E-state index in [0.717, 1.165) is 23.7 Å². The zero-order valence-corrected chi connectivity index (χ0v) is 12.2. The normalized spacial score (nSPS) is 1.20. The van der Waals surface area contributed by atoms with E-state index < -0.39 is 0 Å². The Labute approximate surface area is 92.8 Å². The summed E-state index contributed by atoms with van der Waals surface area (Å²) in [4.78, 5) is 0. The van der Waals surface area contributed by atoms with E-state index >= 15 is 0 Å². The first-order chi connectivity index (χ1) is 1.00. The van der Waals surface area contributed by atoms with Gasteiger partial charge in [-0.25, -0.2) is 0 Å². The molecule has 0 saturated heterocycles. The summed E-state index contributed by atoms with van der Waals surface area (Å²) >= 11 is 0.733. The standard InChI is InChI=1S/Cd.In.S.H2Se.Zn.3H/h;;;1H2;;;;. The molecule has 24 valence electrons. The van der Waals surface area contributed by atoms with Crippen molar-refractivity contribution in [1.29, 1.82) is 0 Å². The van der Waals surface area contributed by atoms with E-state index in [0.29, 0.717) is 0 Å². The quantitative estimate of drug-likeness (QED) is 0.442. The average Bonchev–Trinajstić information content (AvgIpc) is 1.00. The molecule has 0 rings (SSSR count). The smallest absolute Gasteiger partial charge is 0 e. The van der Waals surface area contributed by atoms with Crippen LogP contribution in [-0.4, -0.2) is 42.9 Å². The fourth-order valence-electron chi connectivity index (χ4n) is 0. The topological polar surface area (TPSA) is 0 Å². The second-order valence-corrected chi connectivity index (χ2v) is 0. The van der Waals surface area contributed by atoms with E-state index in [1.807, 2.05) is 0 Å². The fourth-order valence-corrected chi connectivity index (χ4v) is 0. The van der Waals surface area contributed by atoms with Crippen LogP contribution in [0.4, 0.5) is 0 Å². The van der Waals surface area contributed by atoms with Crippen molar-refractivity contribution < 1.29 is 43.2 Å². The van der Waals surface area contributed by atoms with Gasteiger partial charge in [-0.2, -0.15) is 0 Å². The third kappa shape index (κ3) is 19.1. The van der Waals surface area contributed by atoms with Gasteiger partial charge in [-0.3, -0.25) is 0 Å². The van der Waals surface area contributed by atoms with Gasteiger partial charge in [-0.15, -0.1) is 0 Å². The minimum atomic E-state index is 0. The first-order valence-corrected chi connectivity index (χ1v) is 5.81. The molecule has 0 aliphatic rings. The molecule has 0 aromatic carbocycles. The van der Waals surface area contributed by atoms with Crippen LogP contribution < -0.4 is 0 Å². The van der Waals surface area contributed by atoms with Gasteiger partial charge in [-0.05, 0) is 0 Å². The molecule has 0 aromatic rings. The van der Waals surface area contributed by atoms with Crippen LogP contribution in [0.5, 0.6) is 0 Å². The van der Waals surface area contributed by atoms with Gasteiger partial charge in [-0.1, -0.05) is 0 Å². The summed E-state index contributed by atoms with van der Waals surface area (Å²) in [6.45, 7) is 0. The monoisotopic (exact) mass is 410 g/mol. The Morgan fingerprint density at radius 2 is 1.20 bits per heavy atom. The van der Waals surface area contributed by atoms with Crippen molar-refractivity contribution in [2.24, 2.45) is 0 Å². The summed E-state index contributed by atoms with van der Waals surface area (Å²) in [5.74, 6) is 0. The van der Waals surface area contributed by atoms with Crippen LogP contribution in [0.3, 0.4) is 0 Å². The van der Waals surface area contributed by atoms with Gasteiger partial charge in [0.2, 0.25) is 0 Å². The van der Waals surface area contributed by atoms with Crippen molar-refractivity contribution in [1.82, 2.24) is 0 Å². The zero-order valence-electron chi connectivity index (χ0n) is 2.32. The van der Waals surface area contributed by atoms with Gasteiger partial charge >= 0.3 is 75.2 Å². The summed E-state index contributed by atoms with van der Waals surface area (Å²) in [6.07, 6.45) is 0. The first-order valence-electron chi connectivity index (χ1n) is 0.289. The molecular weight excluding hydrogens is 404 g/mol. The van der Waals surface area contributed by atoms with Crippen LogP contribution in [0.2, 0.25) is 0 Å². The van der Waals surface area contributed by atoms with Gasteiger partial charge in [0.25, 0.3) is 0 Å².